The topological polar surface area (TPSA) is 85.9 Å². The van der Waals surface area contributed by atoms with Gasteiger partial charge in [0.1, 0.15) is 5.75 Å². The second-order valence-electron chi connectivity index (χ2n) is 5.27. The van der Waals surface area contributed by atoms with Gasteiger partial charge in [-0.05, 0) is 49.6 Å². The number of rotatable bonds is 7. The highest BCUT2D eigenvalue weighted by Crippen LogP contribution is 2.28. The summed E-state index contributed by atoms with van der Waals surface area (Å²) in [6, 6.07) is 9.98. The highest BCUT2D eigenvalue weighted by atomic mass is 32.2. The lowest BCUT2D eigenvalue weighted by molar-refractivity contribution is 0.0844. The van der Waals surface area contributed by atoms with E-state index in [1.165, 1.54) is 26.0 Å². The van der Waals surface area contributed by atoms with Crippen LogP contribution >= 0.6 is 11.8 Å². The van der Waals surface area contributed by atoms with E-state index in [2.05, 4.69) is 10.9 Å². The van der Waals surface area contributed by atoms with Gasteiger partial charge in [0, 0.05) is 10.5 Å². The molecule has 0 spiro atoms. The van der Waals surface area contributed by atoms with E-state index in [-0.39, 0.29) is 0 Å². The third-order valence-electron chi connectivity index (χ3n) is 3.67. The summed E-state index contributed by atoms with van der Waals surface area (Å²) in [7, 11) is 2.98. The van der Waals surface area contributed by atoms with E-state index < -0.39 is 11.8 Å². The molecule has 8 heteroatoms. The molecule has 0 heterocycles. The van der Waals surface area contributed by atoms with Gasteiger partial charge in [0.05, 0.1) is 26.4 Å². The van der Waals surface area contributed by atoms with Crippen molar-refractivity contribution in [3.63, 3.8) is 0 Å². The number of methoxy groups -OCH3 is 2. The van der Waals surface area contributed by atoms with E-state index in [4.69, 9.17) is 14.2 Å². The lowest BCUT2D eigenvalue weighted by atomic mass is 10.2. The second kappa shape index (κ2) is 9.72. The molecule has 2 amide bonds. The molecule has 0 atom stereocenters. The number of thioether (sulfide) groups is 1. The number of hydrogen-bond donors (Lipinski definition) is 2. The number of ether oxygens (including phenoxy) is 3. The third-order valence-corrected chi connectivity index (χ3v) is 4.39. The summed E-state index contributed by atoms with van der Waals surface area (Å²) in [6.45, 7) is 2.34. The van der Waals surface area contributed by atoms with E-state index in [1.54, 1.807) is 36.4 Å². The number of carbonyl (C=O) groups is 2. The van der Waals surface area contributed by atoms with Crippen LogP contribution in [-0.4, -0.2) is 38.9 Å². The van der Waals surface area contributed by atoms with Crippen molar-refractivity contribution >= 4 is 23.6 Å². The number of nitrogens with one attached hydrogen (secondary N) is 2. The van der Waals surface area contributed by atoms with Gasteiger partial charge in [-0.3, -0.25) is 20.4 Å². The smallest absolute Gasteiger partial charge is 0.273 e. The minimum atomic E-state index is -0.482. The molecule has 7 nitrogen and oxygen atoms in total. The minimum Gasteiger partial charge on any atom is -0.496 e. The summed E-state index contributed by atoms with van der Waals surface area (Å²) in [5.41, 5.74) is 5.41. The predicted molar refractivity (Wildman–Crippen MR) is 104 cm³/mol. The van der Waals surface area contributed by atoms with Crippen molar-refractivity contribution in [1.82, 2.24) is 10.9 Å². The first-order valence-electron chi connectivity index (χ1n) is 8.17. The summed E-state index contributed by atoms with van der Waals surface area (Å²) < 4.78 is 15.9. The largest absolute Gasteiger partial charge is 0.496 e. The molecule has 0 fully saturated rings. The van der Waals surface area contributed by atoms with Crippen LogP contribution in [0.15, 0.2) is 41.3 Å². The molecule has 0 aromatic heterocycles. The van der Waals surface area contributed by atoms with Crippen molar-refractivity contribution in [1.29, 1.82) is 0 Å². The molecular formula is C19H22N2O5S. The van der Waals surface area contributed by atoms with Crippen LogP contribution in [0.4, 0.5) is 0 Å². The van der Waals surface area contributed by atoms with Crippen molar-refractivity contribution in [2.75, 3.05) is 27.1 Å². The Morgan fingerprint density at radius 3 is 2.26 bits per heavy atom. The highest BCUT2D eigenvalue weighted by Gasteiger charge is 2.15. The van der Waals surface area contributed by atoms with E-state index >= 15 is 0 Å². The maximum Gasteiger partial charge on any atom is 0.273 e. The number of benzene rings is 2. The predicted octanol–water partition coefficient (Wildman–Crippen LogP) is 2.90. The maximum atomic E-state index is 12.4. The molecule has 2 aromatic rings. The Labute approximate surface area is 162 Å². The molecule has 0 aliphatic heterocycles. The molecule has 0 aliphatic rings. The average molecular weight is 390 g/mol. The van der Waals surface area contributed by atoms with E-state index in [9.17, 15) is 9.59 Å². The lowest BCUT2D eigenvalue weighted by Gasteiger charge is -2.13. The van der Waals surface area contributed by atoms with Crippen molar-refractivity contribution in [2.45, 2.75) is 11.8 Å². The fourth-order valence-electron chi connectivity index (χ4n) is 2.32. The van der Waals surface area contributed by atoms with Crippen LogP contribution < -0.4 is 25.1 Å². The van der Waals surface area contributed by atoms with E-state index in [1.807, 2.05) is 13.2 Å². The lowest BCUT2D eigenvalue weighted by Crippen LogP contribution is -2.41. The van der Waals surface area contributed by atoms with Gasteiger partial charge in [-0.1, -0.05) is 0 Å². The van der Waals surface area contributed by atoms with Crippen molar-refractivity contribution < 1.29 is 23.8 Å². The van der Waals surface area contributed by atoms with Gasteiger partial charge in [0.2, 0.25) is 0 Å². The zero-order chi connectivity index (χ0) is 19.8. The molecule has 0 bridgehead atoms. The summed E-state index contributed by atoms with van der Waals surface area (Å²) in [4.78, 5) is 25.6. The molecule has 0 radical (unpaired) electrons. The zero-order valence-corrected chi connectivity index (χ0v) is 16.4. The number of amides is 2. The van der Waals surface area contributed by atoms with Crippen LogP contribution in [0.5, 0.6) is 17.2 Å². The normalized spacial score (nSPS) is 10.1. The third kappa shape index (κ3) is 5.07. The van der Waals surface area contributed by atoms with Crippen LogP contribution in [0.25, 0.3) is 0 Å². The molecule has 0 unspecified atom stereocenters. The first kappa shape index (κ1) is 20.4. The summed E-state index contributed by atoms with van der Waals surface area (Å²) in [5.74, 6) is 0.441. The van der Waals surface area contributed by atoms with Gasteiger partial charge in [0.15, 0.2) is 11.5 Å². The Hall–Kier alpha value is -2.87. The Kier molecular flexibility index (Phi) is 7.36. The Balaban J connectivity index is 2.08. The molecule has 0 saturated carbocycles. The van der Waals surface area contributed by atoms with Gasteiger partial charge in [-0.25, -0.2) is 0 Å². The fraction of sp³-hybridized carbons (Fsp3) is 0.263. The van der Waals surface area contributed by atoms with Crippen LogP contribution in [-0.2, 0) is 0 Å². The van der Waals surface area contributed by atoms with Crippen molar-refractivity contribution in [2.24, 2.45) is 0 Å². The highest BCUT2D eigenvalue weighted by molar-refractivity contribution is 7.98. The zero-order valence-electron chi connectivity index (χ0n) is 15.6. The van der Waals surface area contributed by atoms with Crippen molar-refractivity contribution in [3.8, 4) is 17.2 Å². The van der Waals surface area contributed by atoms with Crippen molar-refractivity contribution in [3.05, 3.63) is 47.5 Å². The maximum absolute atomic E-state index is 12.4. The first-order valence-corrected chi connectivity index (χ1v) is 9.40. The average Bonchev–Trinajstić information content (AvgIpc) is 2.71. The quantitative estimate of drug-likeness (QED) is 0.559. The molecule has 2 aromatic carbocycles. The Bertz CT molecular complexity index is 826. The van der Waals surface area contributed by atoms with E-state index in [0.717, 1.165) is 4.90 Å². The molecule has 144 valence electrons. The summed E-state index contributed by atoms with van der Waals surface area (Å²) in [6.07, 6.45) is 1.93. The van der Waals surface area contributed by atoms with Crippen LogP contribution in [0.1, 0.15) is 27.6 Å². The van der Waals surface area contributed by atoms with E-state index in [0.29, 0.717) is 35.0 Å². The molecule has 2 rings (SSSR count). The number of hydrogen-bond acceptors (Lipinski definition) is 6. The van der Waals surface area contributed by atoms with Gasteiger partial charge in [-0.2, -0.15) is 0 Å². The van der Waals surface area contributed by atoms with Gasteiger partial charge < -0.3 is 14.2 Å². The monoisotopic (exact) mass is 390 g/mol. The molecular weight excluding hydrogens is 368 g/mol. The SMILES string of the molecule is CCOc1ccc(C(=O)NNC(=O)c2ccc(SC)cc2OC)cc1OC. The van der Waals surface area contributed by atoms with Crippen LogP contribution in [0.3, 0.4) is 0 Å². The fourth-order valence-corrected chi connectivity index (χ4v) is 2.75. The molecule has 2 N–H and O–H groups in total. The van der Waals surface area contributed by atoms with Gasteiger partial charge in [-0.15, -0.1) is 11.8 Å². The standard InChI is InChI=1S/C19H22N2O5S/c1-5-26-15-9-6-12(10-17(15)25-3)18(22)20-21-19(23)14-8-7-13(27-4)11-16(14)24-2/h6-11H,5H2,1-4H3,(H,20,22)(H,21,23). The molecule has 0 saturated heterocycles. The Morgan fingerprint density at radius 1 is 0.926 bits per heavy atom. The Morgan fingerprint density at radius 2 is 1.63 bits per heavy atom. The number of carbonyl (C=O) groups excluding carboxylic acids is 2. The molecule has 0 aliphatic carbocycles. The summed E-state index contributed by atoms with van der Waals surface area (Å²) in [5, 5.41) is 0. The van der Waals surface area contributed by atoms with Gasteiger partial charge >= 0.3 is 0 Å². The minimum absolute atomic E-state index is 0.319. The second-order valence-corrected chi connectivity index (χ2v) is 6.15. The van der Waals surface area contributed by atoms with Crippen LogP contribution in [0, 0.1) is 0 Å². The van der Waals surface area contributed by atoms with Crippen LogP contribution in [0.2, 0.25) is 0 Å². The number of hydrazine groups is 1. The summed E-state index contributed by atoms with van der Waals surface area (Å²) >= 11 is 1.54. The molecule has 27 heavy (non-hydrogen) atoms. The van der Waals surface area contributed by atoms with Gasteiger partial charge in [0.25, 0.3) is 11.8 Å². The first-order chi connectivity index (χ1) is 13.0.